The molecule has 0 spiro atoms. The van der Waals surface area contributed by atoms with Crippen LogP contribution >= 0.6 is 0 Å². The molecule has 0 aromatic heterocycles. The zero-order valence-electron chi connectivity index (χ0n) is 12.2. The summed E-state index contributed by atoms with van der Waals surface area (Å²) in [5, 5.41) is 0. The van der Waals surface area contributed by atoms with Crippen LogP contribution in [-0.2, 0) is 28.2 Å². The molecule has 0 N–H and O–H groups in total. The third kappa shape index (κ3) is 5.24. The first-order chi connectivity index (χ1) is 10.9. The molecule has 0 amide bonds. The van der Waals surface area contributed by atoms with Gasteiger partial charge >= 0.3 is 0 Å². The molecule has 1 heterocycles. The molecule has 23 heavy (non-hydrogen) atoms. The molecule has 0 radical (unpaired) electrons. The Labute approximate surface area is 148 Å². The van der Waals surface area contributed by atoms with Crippen molar-refractivity contribution in [3.8, 4) is 0 Å². The molecule has 2 nitrogen and oxygen atoms in total. The van der Waals surface area contributed by atoms with Crippen LogP contribution in [-0.4, -0.2) is 18.5 Å². The normalized spacial score (nSPS) is 15.7. The molecule has 120 valence electrons. The first-order valence-corrected chi connectivity index (χ1v) is 6.88. The molecule has 3 aromatic rings. The van der Waals surface area contributed by atoms with Gasteiger partial charge in [-0.3, -0.25) is 4.99 Å². The van der Waals surface area contributed by atoms with Gasteiger partial charge in [-0.15, -0.1) is 0 Å². The van der Waals surface area contributed by atoms with Gasteiger partial charge in [0.25, 0.3) is 0 Å². The smallest absolute Gasteiger partial charge is 0.109 e. The maximum Gasteiger partial charge on any atom is 0.109 e. The van der Waals surface area contributed by atoms with E-state index in [0.717, 1.165) is 12.0 Å². The average molecular weight is 337 g/mol. The quantitative estimate of drug-likeness (QED) is 0.532. The van der Waals surface area contributed by atoms with Crippen molar-refractivity contribution in [2.24, 2.45) is 4.99 Å². The number of nitrogens with zero attached hydrogens (tertiary/aromatic N) is 1. The van der Waals surface area contributed by atoms with Crippen LogP contribution < -0.4 is 0 Å². The summed E-state index contributed by atoms with van der Waals surface area (Å²) >= 11 is 0. The third-order valence-electron chi connectivity index (χ3n) is 3.03. The summed E-state index contributed by atoms with van der Waals surface area (Å²) in [6.45, 7) is 0.622. The van der Waals surface area contributed by atoms with E-state index in [1.54, 1.807) is 6.07 Å². The fourth-order valence-corrected chi connectivity index (χ4v) is 2.05. The minimum absolute atomic E-state index is 0. The summed E-state index contributed by atoms with van der Waals surface area (Å²) < 4.78 is 5.53. The van der Waals surface area contributed by atoms with Crippen LogP contribution in [0.15, 0.2) is 41.4 Å². The number of rotatable bonds is 3. The van der Waals surface area contributed by atoms with E-state index in [4.69, 9.17) is 4.74 Å². The zero-order valence-corrected chi connectivity index (χ0v) is 13.3. The van der Waals surface area contributed by atoms with Crippen molar-refractivity contribution in [1.29, 1.82) is 0 Å². The van der Waals surface area contributed by atoms with Crippen LogP contribution in [0.4, 0.5) is 0 Å². The van der Waals surface area contributed by atoms with Gasteiger partial charge < -0.3 is 64.9 Å². The van der Waals surface area contributed by atoms with Gasteiger partial charge in [-0.05, 0) is 17.9 Å². The Kier molecular flexibility index (Phi) is 6.86. The summed E-state index contributed by atoms with van der Waals surface area (Å²) in [6, 6.07) is 33.6. The van der Waals surface area contributed by atoms with E-state index in [-0.39, 0.29) is 23.1 Å². The van der Waals surface area contributed by atoms with Crippen LogP contribution in [0, 0.1) is 48.5 Å². The molecule has 0 saturated carbocycles. The Morgan fingerprint density at radius 2 is 1.78 bits per heavy atom. The molecule has 3 aromatic carbocycles. The standard InChI is InChI=1S/C15H10NO.C5H.Fe/c1-2-6-12(7-3-1)10-14-11-17-15(16-14)13-8-4-5-9-13;1-2-4-5-3-1;/h1-3,6-7,14H,10-11H2;1H;/q2*-5;/t14-;;/m1../s1. The second-order valence-electron chi connectivity index (χ2n) is 4.65. The first kappa shape index (κ1) is 17.3. The SMILES string of the molecule is [Fe].[c-]1[c-][c-][c-](C2=N[C@H](Cc3ccccc3)CO2)[c-]1.[c-]1[c-][c-][cH-][c-]1. The fourth-order valence-electron chi connectivity index (χ4n) is 2.05. The Morgan fingerprint density at radius 3 is 2.39 bits per heavy atom. The van der Waals surface area contributed by atoms with E-state index < -0.39 is 0 Å². The number of benzene rings is 1. The van der Waals surface area contributed by atoms with Crippen LogP contribution in [0.25, 0.3) is 0 Å². The predicted molar refractivity (Wildman–Crippen MR) is 81.2 cm³/mol. The van der Waals surface area contributed by atoms with Gasteiger partial charge in [0, 0.05) is 17.1 Å². The van der Waals surface area contributed by atoms with Crippen LogP contribution in [0.1, 0.15) is 11.1 Å². The van der Waals surface area contributed by atoms with E-state index in [1.165, 1.54) is 5.56 Å². The van der Waals surface area contributed by atoms with Gasteiger partial charge in [0.05, 0.1) is 6.04 Å². The van der Waals surface area contributed by atoms with Gasteiger partial charge in [0.15, 0.2) is 0 Å². The van der Waals surface area contributed by atoms with E-state index in [0.29, 0.717) is 12.5 Å². The number of ether oxygens (including phenoxy) is 1. The zero-order chi connectivity index (χ0) is 15.0. The number of aliphatic imine (C=N–C) groups is 1. The van der Waals surface area contributed by atoms with Gasteiger partial charge in [0.1, 0.15) is 6.61 Å². The molecule has 1 aliphatic heterocycles. The van der Waals surface area contributed by atoms with Crippen LogP contribution in [0.2, 0.25) is 0 Å². The van der Waals surface area contributed by atoms with Crippen molar-refractivity contribution in [3.63, 3.8) is 0 Å². The topological polar surface area (TPSA) is 21.6 Å². The maximum absolute atomic E-state index is 5.53. The van der Waals surface area contributed by atoms with Crippen LogP contribution in [0.5, 0.6) is 0 Å². The molecule has 0 fully saturated rings. The second kappa shape index (κ2) is 9.14. The minimum atomic E-state index is 0. The monoisotopic (exact) mass is 337 g/mol. The molecule has 3 heteroatoms. The summed E-state index contributed by atoms with van der Waals surface area (Å²) in [5.41, 5.74) is 2.00. The summed E-state index contributed by atoms with van der Waals surface area (Å²) in [7, 11) is 0. The Morgan fingerprint density at radius 1 is 1.09 bits per heavy atom. The predicted octanol–water partition coefficient (Wildman–Crippen LogP) is 2.60. The van der Waals surface area contributed by atoms with Crippen LogP contribution in [0.3, 0.4) is 0 Å². The van der Waals surface area contributed by atoms with Crippen molar-refractivity contribution in [2.75, 3.05) is 6.61 Å². The van der Waals surface area contributed by atoms with Gasteiger partial charge in [-0.25, -0.2) is 0 Å². The number of hydrogen-bond acceptors (Lipinski definition) is 2. The second-order valence-corrected chi connectivity index (χ2v) is 4.65. The van der Waals surface area contributed by atoms with Crippen molar-refractivity contribution in [3.05, 3.63) is 96.1 Å². The Hall–Kier alpha value is -2.09. The largest absolute Gasteiger partial charge is 0.999 e. The van der Waals surface area contributed by atoms with Gasteiger partial charge in [-0.1, -0.05) is 30.3 Å². The molecule has 4 rings (SSSR count). The molecule has 0 unspecified atom stereocenters. The van der Waals surface area contributed by atoms with E-state index >= 15 is 0 Å². The number of hydrogen-bond donors (Lipinski definition) is 0. The van der Waals surface area contributed by atoms with E-state index in [2.05, 4.69) is 65.7 Å². The van der Waals surface area contributed by atoms with Crippen molar-refractivity contribution in [1.82, 2.24) is 0 Å². The molecule has 0 saturated heterocycles. The minimum Gasteiger partial charge on any atom is -0.999 e. The summed E-state index contributed by atoms with van der Waals surface area (Å²) in [4.78, 5) is 4.52. The Bertz CT molecular complexity index is 655. The van der Waals surface area contributed by atoms with Crippen molar-refractivity contribution >= 4 is 5.90 Å². The molecule has 0 aliphatic carbocycles. The molecule has 0 bridgehead atoms. The third-order valence-corrected chi connectivity index (χ3v) is 3.03. The van der Waals surface area contributed by atoms with Crippen molar-refractivity contribution in [2.45, 2.75) is 12.5 Å². The molecular weight excluding hydrogens is 326 g/mol. The molecule has 1 atom stereocenters. The summed E-state index contributed by atoms with van der Waals surface area (Å²) in [6.07, 6.45) is 0.901. The van der Waals surface area contributed by atoms with Gasteiger partial charge in [0.2, 0.25) is 0 Å². The maximum atomic E-state index is 5.53. The average Bonchev–Trinajstić information content (AvgIpc) is 3.32. The summed E-state index contributed by atoms with van der Waals surface area (Å²) in [5.74, 6) is 0.614. The van der Waals surface area contributed by atoms with Gasteiger partial charge in [-0.2, -0.15) is 0 Å². The first-order valence-electron chi connectivity index (χ1n) is 6.88. The molecule has 1 aliphatic rings. The van der Waals surface area contributed by atoms with Crippen molar-refractivity contribution < 1.29 is 21.8 Å². The van der Waals surface area contributed by atoms with E-state index in [1.807, 2.05) is 18.2 Å². The van der Waals surface area contributed by atoms with E-state index in [9.17, 15) is 0 Å². The Balaban J connectivity index is 0.000000276. The fraction of sp³-hybridized carbons (Fsp3) is 0.150. The molecular formula is C20H11FeNO-10.